The SMILES string of the molecule is COCC12CNC(CNCc3cccc4c3C(=O)N(C3CCC(=O)NC3=O)C4=O)(C1)C2. The van der Waals surface area contributed by atoms with E-state index in [0.29, 0.717) is 17.7 Å². The van der Waals surface area contributed by atoms with E-state index in [4.69, 9.17) is 4.74 Å². The Balaban J connectivity index is 1.28. The van der Waals surface area contributed by atoms with Crippen molar-refractivity contribution in [1.29, 1.82) is 0 Å². The number of hydrogen-bond donors (Lipinski definition) is 3. The Morgan fingerprint density at radius 1 is 1.19 bits per heavy atom. The van der Waals surface area contributed by atoms with E-state index in [2.05, 4.69) is 16.0 Å². The second-order valence-electron chi connectivity index (χ2n) is 9.31. The van der Waals surface area contributed by atoms with Crippen molar-refractivity contribution in [3.8, 4) is 0 Å². The molecule has 5 aliphatic rings. The lowest BCUT2D eigenvalue weighted by Gasteiger charge is -2.46. The second-order valence-corrected chi connectivity index (χ2v) is 9.31. The molecule has 4 amide bonds. The van der Waals surface area contributed by atoms with Crippen molar-refractivity contribution in [2.24, 2.45) is 5.41 Å². The number of amides is 4. The molecular formula is C22H26N4O5. The zero-order chi connectivity index (χ0) is 21.8. The summed E-state index contributed by atoms with van der Waals surface area (Å²) < 4.78 is 5.35. The van der Waals surface area contributed by atoms with Crippen molar-refractivity contribution >= 4 is 23.6 Å². The number of nitrogens with zero attached hydrogens (tertiary/aromatic N) is 1. The third-order valence-corrected chi connectivity index (χ3v) is 7.05. The van der Waals surface area contributed by atoms with Crippen LogP contribution in [0.2, 0.25) is 0 Å². The summed E-state index contributed by atoms with van der Waals surface area (Å²) in [6.45, 7) is 2.94. The Morgan fingerprint density at radius 2 is 2.00 bits per heavy atom. The molecule has 3 N–H and O–H groups in total. The van der Waals surface area contributed by atoms with Crippen LogP contribution in [-0.2, 0) is 20.9 Å². The predicted octanol–water partition coefficient (Wildman–Crippen LogP) is -0.0540. The molecule has 4 fully saturated rings. The quantitative estimate of drug-likeness (QED) is 0.523. The van der Waals surface area contributed by atoms with Gasteiger partial charge in [0, 0.05) is 44.1 Å². The highest BCUT2D eigenvalue weighted by Crippen LogP contribution is 2.53. The number of piperidine rings is 1. The largest absolute Gasteiger partial charge is 0.384 e. The summed E-state index contributed by atoms with van der Waals surface area (Å²) in [4.78, 5) is 50.8. The number of methoxy groups -OCH3 is 1. The van der Waals surface area contributed by atoms with Crippen molar-refractivity contribution in [2.45, 2.75) is 43.8 Å². The first-order chi connectivity index (χ1) is 14.9. The van der Waals surface area contributed by atoms with Gasteiger partial charge in [-0.3, -0.25) is 29.4 Å². The minimum atomic E-state index is -0.948. The molecule has 4 heterocycles. The van der Waals surface area contributed by atoms with Crippen LogP contribution in [0.4, 0.5) is 0 Å². The maximum atomic E-state index is 13.1. The molecule has 4 aliphatic heterocycles. The molecule has 0 radical (unpaired) electrons. The number of ether oxygens (including phenoxy) is 1. The van der Waals surface area contributed by atoms with Crippen LogP contribution >= 0.6 is 0 Å². The Morgan fingerprint density at radius 3 is 2.74 bits per heavy atom. The maximum absolute atomic E-state index is 13.1. The zero-order valence-electron chi connectivity index (χ0n) is 17.5. The molecule has 6 rings (SSSR count). The van der Waals surface area contributed by atoms with Crippen molar-refractivity contribution in [3.05, 3.63) is 34.9 Å². The predicted molar refractivity (Wildman–Crippen MR) is 109 cm³/mol. The van der Waals surface area contributed by atoms with Crippen LogP contribution in [0.25, 0.3) is 0 Å². The van der Waals surface area contributed by atoms with Gasteiger partial charge in [0.25, 0.3) is 11.8 Å². The number of rotatable bonds is 7. The van der Waals surface area contributed by atoms with Crippen LogP contribution in [0.3, 0.4) is 0 Å². The van der Waals surface area contributed by atoms with E-state index in [-0.39, 0.29) is 29.7 Å². The average Bonchev–Trinajstić information content (AvgIpc) is 3.32. The maximum Gasteiger partial charge on any atom is 0.262 e. The smallest absolute Gasteiger partial charge is 0.262 e. The molecule has 1 saturated carbocycles. The minimum Gasteiger partial charge on any atom is -0.384 e. The zero-order valence-corrected chi connectivity index (χ0v) is 17.5. The lowest BCUT2D eigenvalue weighted by molar-refractivity contribution is -0.136. The van der Waals surface area contributed by atoms with Crippen LogP contribution in [-0.4, -0.2) is 66.9 Å². The van der Waals surface area contributed by atoms with E-state index < -0.39 is 23.8 Å². The standard InChI is InChI=1S/C22H26N4O5/c1-31-12-21-8-22(9-21,24-10-21)11-23-7-13-3-2-4-14-17(13)20(30)26(19(14)29)15-5-6-16(27)25-18(15)28/h2-4,15,23-24H,5-12H2,1H3,(H,25,27,28). The first-order valence-corrected chi connectivity index (χ1v) is 10.7. The van der Waals surface area contributed by atoms with Crippen LogP contribution in [0.15, 0.2) is 18.2 Å². The molecule has 1 aliphatic carbocycles. The van der Waals surface area contributed by atoms with Gasteiger partial charge in [-0.05, 0) is 30.9 Å². The van der Waals surface area contributed by atoms with Crippen LogP contribution in [0.5, 0.6) is 0 Å². The summed E-state index contributed by atoms with van der Waals surface area (Å²) in [7, 11) is 1.73. The molecule has 2 bridgehead atoms. The highest BCUT2D eigenvalue weighted by molar-refractivity contribution is 6.24. The Labute approximate surface area is 179 Å². The van der Waals surface area contributed by atoms with E-state index in [1.54, 1.807) is 19.2 Å². The van der Waals surface area contributed by atoms with E-state index in [0.717, 1.165) is 43.0 Å². The third kappa shape index (κ3) is 3.19. The number of imide groups is 2. The first-order valence-electron chi connectivity index (χ1n) is 10.7. The molecular weight excluding hydrogens is 400 g/mol. The van der Waals surface area contributed by atoms with Crippen molar-refractivity contribution in [2.75, 3.05) is 26.8 Å². The molecule has 1 aromatic rings. The van der Waals surface area contributed by atoms with Crippen LogP contribution < -0.4 is 16.0 Å². The van der Waals surface area contributed by atoms with Crippen molar-refractivity contribution < 1.29 is 23.9 Å². The number of carbonyl (C=O) groups is 4. The summed E-state index contributed by atoms with van der Waals surface area (Å²) >= 11 is 0. The molecule has 3 saturated heterocycles. The lowest BCUT2D eigenvalue weighted by Crippen LogP contribution is -2.55. The van der Waals surface area contributed by atoms with Gasteiger partial charge in [-0.15, -0.1) is 0 Å². The van der Waals surface area contributed by atoms with Gasteiger partial charge in [0.05, 0.1) is 17.7 Å². The number of benzene rings is 1. The Hall–Kier alpha value is -2.62. The van der Waals surface area contributed by atoms with Gasteiger partial charge in [0.1, 0.15) is 6.04 Å². The summed E-state index contributed by atoms with van der Waals surface area (Å²) in [6, 6.07) is 4.26. The molecule has 164 valence electrons. The molecule has 31 heavy (non-hydrogen) atoms. The second kappa shape index (κ2) is 7.22. The molecule has 9 heteroatoms. The van der Waals surface area contributed by atoms with Gasteiger partial charge in [-0.1, -0.05) is 12.1 Å². The van der Waals surface area contributed by atoms with Gasteiger partial charge in [0.2, 0.25) is 11.8 Å². The Bertz CT molecular complexity index is 984. The molecule has 0 aromatic heterocycles. The number of fused-ring (bicyclic) bond motifs is 2. The molecule has 1 unspecified atom stereocenters. The minimum absolute atomic E-state index is 0.0646. The van der Waals surface area contributed by atoms with Gasteiger partial charge < -0.3 is 15.4 Å². The lowest BCUT2D eigenvalue weighted by atomic mass is 9.62. The molecule has 0 spiro atoms. The number of hydrogen-bond acceptors (Lipinski definition) is 7. The van der Waals surface area contributed by atoms with Crippen molar-refractivity contribution in [3.63, 3.8) is 0 Å². The fraction of sp³-hybridized carbons (Fsp3) is 0.545. The Kier molecular flexibility index (Phi) is 4.72. The molecule has 1 atom stereocenters. The van der Waals surface area contributed by atoms with Gasteiger partial charge in [-0.2, -0.15) is 0 Å². The fourth-order valence-electron chi connectivity index (χ4n) is 5.82. The topological polar surface area (TPSA) is 117 Å². The van der Waals surface area contributed by atoms with E-state index in [9.17, 15) is 19.2 Å². The van der Waals surface area contributed by atoms with Gasteiger partial charge in [-0.25, -0.2) is 0 Å². The fourth-order valence-corrected chi connectivity index (χ4v) is 5.82. The van der Waals surface area contributed by atoms with E-state index in [1.807, 2.05) is 6.07 Å². The monoisotopic (exact) mass is 426 g/mol. The van der Waals surface area contributed by atoms with E-state index >= 15 is 0 Å². The average molecular weight is 426 g/mol. The summed E-state index contributed by atoms with van der Waals surface area (Å²) in [6.07, 6.45) is 2.39. The van der Waals surface area contributed by atoms with Gasteiger partial charge >= 0.3 is 0 Å². The highest BCUT2D eigenvalue weighted by atomic mass is 16.5. The van der Waals surface area contributed by atoms with Crippen LogP contribution in [0, 0.1) is 5.41 Å². The summed E-state index contributed by atoms with van der Waals surface area (Å²) in [5.74, 6) is -1.92. The van der Waals surface area contributed by atoms with E-state index in [1.165, 1.54) is 0 Å². The third-order valence-electron chi connectivity index (χ3n) is 7.05. The number of carbonyl (C=O) groups excluding carboxylic acids is 4. The summed E-state index contributed by atoms with van der Waals surface area (Å²) in [5.41, 5.74) is 1.71. The van der Waals surface area contributed by atoms with Gasteiger partial charge in [0.15, 0.2) is 0 Å². The summed E-state index contributed by atoms with van der Waals surface area (Å²) in [5, 5.41) is 9.27. The highest BCUT2D eigenvalue weighted by Gasteiger charge is 2.60. The van der Waals surface area contributed by atoms with Crippen molar-refractivity contribution in [1.82, 2.24) is 20.9 Å². The first kappa shape index (κ1) is 20.3. The molecule has 1 aromatic carbocycles. The number of nitrogens with one attached hydrogen (secondary N) is 3. The van der Waals surface area contributed by atoms with Crippen LogP contribution in [0.1, 0.15) is 52.0 Å². The normalized spacial score (nSPS) is 31.6. The molecule has 9 nitrogen and oxygen atoms in total.